The van der Waals surface area contributed by atoms with Gasteiger partial charge in [-0.2, -0.15) is 0 Å². The first-order chi connectivity index (χ1) is 6.60. The summed E-state index contributed by atoms with van der Waals surface area (Å²) in [6.07, 6.45) is 3.84. The second-order valence-corrected chi connectivity index (χ2v) is 6.62. The Labute approximate surface area is 102 Å². The van der Waals surface area contributed by atoms with E-state index in [0.717, 1.165) is 0 Å². The van der Waals surface area contributed by atoms with Gasteiger partial charge in [0.1, 0.15) is 0 Å². The zero-order valence-electron chi connectivity index (χ0n) is 8.26. The molecule has 1 saturated carbocycles. The summed E-state index contributed by atoms with van der Waals surface area (Å²) in [6, 6.07) is 8.72. The molecule has 0 bridgehead atoms. The molecule has 76 valence electrons. The molecule has 1 aliphatic carbocycles. The van der Waals surface area contributed by atoms with Crippen LogP contribution in [0.4, 0.5) is 0 Å². The van der Waals surface area contributed by atoms with Crippen molar-refractivity contribution in [2.24, 2.45) is 0 Å². The van der Waals surface area contributed by atoms with Crippen molar-refractivity contribution < 1.29 is 0 Å². The summed E-state index contributed by atoms with van der Waals surface area (Å²) >= 11 is 7.25. The van der Waals surface area contributed by atoms with Gasteiger partial charge in [-0.05, 0) is 42.4 Å². The SMILES string of the molecule is CC1(c2cccc(Br)c2)CCC(Br)C1. The summed E-state index contributed by atoms with van der Waals surface area (Å²) in [5.41, 5.74) is 1.84. The molecule has 0 N–H and O–H groups in total. The van der Waals surface area contributed by atoms with Gasteiger partial charge in [0.2, 0.25) is 0 Å². The lowest BCUT2D eigenvalue weighted by molar-refractivity contribution is 0.493. The monoisotopic (exact) mass is 316 g/mol. The molecule has 0 saturated heterocycles. The zero-order chi connectivity index (χ0) is 10.2. The highest BCUT2D eigenvalue weighted by atomic mass is 79.9. The van der Waals surface area contributed by atoms with Gasteiger partial charge in [-0.3, -0.25) is 0 Å². The Bertz CT molecular complexity index is 335. The maximum atomic E-state index is 3.72. The van der Waals surface area contributed by atoms with E-state index in [-0.39, 0.29) is 0 Å². The Hall–Kier alpha value is 0.180. The summed E-state index contributed by atoms with van der Waals surface area (Å²) in [6.45, 7) is 2.37. The summed E-state index contributed by atoms with van der Waals surface area (Å²) in [5.74, 6) is 0. The van der Waals surface area contributed by atoms with E-state index >= 15 is 0 Å². The molecular weight excluding hydrogens is 304 g/mol. The Kier molecular flexibility index (Phi) is 3.03. The van der Waals surface area contributed by atoms with Crippen molar-refractivity contribution in [1.82, 2.24) is 0 Å². The molecule has 1 fully saturated rings. The molecule has 0 radical (unpaired) electrons. The number of alkyl halides is 1. The van der Waals surface area contributed by atoms with Crippen LogP contribution in [-0.4, -0.2) is 4.83 Å². The average Bonchev–Trinajstić information content (AvgIpc) is 2.48. The molecule has 1 aromatic rings. The van der Waals surface area contributed by atoms with Crippen molar-refractivity contribution in [3.63, 3.8) is 0 Å². The van der Waals surface area contributed by atoms with E-state index in [1.165, 1.54) is 29.3 Å². The van der Waals surface area contributed by atoms with E-state index in [9.17, 15) is 0 Å². The highest BCUT2D eigenvalue weighted by Crippen LogP contribution is 2.43. The number of halogens is 2. The second-order valence-electron chi connectivity index (χ2n) is 4.41. The molecule has 1 aromatic carbocycles. The van der Waals surface area contributed by atoms with Crippen LogP contribution >= 0.6 is 31.9 Å². The van der Waals surface area contributed by atoms with Crippen molar-refractivity contribution in [3.8, 4) is 0 Å². The van der Waals surface area contributed by atoms with Crippen molar-refractivity contribution in [2.45, 2.75) is 36.4 Å². The molecule has 2 atom stereocenters. The van der Waals surface area contributed by atoms with E-state index in [0.29, 0.717) is 10.2 Å². The van der Waals surface area contributed by atoms with Crippen LogP contribution in [0.15, 0.2) is 28.7 Å². The minimum absolute atomic E-state index is 0.373. The lowest BCUT2D eigenvalue weighted by atomic mass is 9.81. The molecule has 14 heavy (non-hydrogen) atoms. The standard InChI is InChI=1S/C12H14Br2/c1-12(6-5-11(14)8-12)9-3-2-4-10(13)7-9/h2-4,7,11H,5-6,8H2,1H3. The first-order valence-corrected chi connectivity index (χ1v) is 6.71. The first-order valence-electron chi connectivity index (χ1n) is 5.00. The van der Waals surface area contributed by atoms with Gasteiger partial charge in [0.05, 0.1) is 0 Å². The lowest BCUT2D eigenvalue weighted by Crippen LogP contribution is -2.17. The summed E-state index contributed by atoms with van der Waals surface area (Å²) in [5, 5.41) is 0. The smallest absolute Gasteiger partial charge is 0.0178 e. The maximum absolute atomic E-state index is 3.72. The van der Waals surface area contributed by atoms with Crippen molar-refractivity contribution in [3.05, 3.63) is 34.3 Å². The number of hydrogen-bond acceptors (Lipinski definition) is 0. The lowest BCUT2D eigenvalue weighted by Gasteiger charge is -2.24. The van der Waals surface area contributed by atoms with Gasteiger partial charge in [-0.1, -0.05) is 50.9 Å². The predicted octanol–water partition coefficient (Wildman–Crippen LogP) is 4.65. The Balaban J connectivity index is 2.30. The molecule has 0 nitrogen and oxygen atoms in total. The molecule has 1 aliphatic rings. The summed E-state index contributed by atoms with van der Waals surface area (Å²) in [7, 11) is 0. The highest BCUT2D eigenvalue weighted by molar-refractivity contribution is 9.10. The van der Waals surface area contributed by atoms with Crippen LogP contribution in [0.3, 0.4) is 0 Å². The molecule has 0 amide bonds. The predicted molar refractivity (Wildman–Crippen MR) is 68.1 cm³/mol. The van der Waals surface area contributed by atoms with Gasteiger partial charge in [0, 0.05) is 9.30 Å². The van der Waals surface area contributed by atoms with E-state index in [1.54, 1.807) is 0 Å². The summed E-state index contributed by atoms with van der Waals surface area (Å²) in [4.78, 5) is 0.700. The molecule has 0 aliphatic heterocycles. The fraction of sp³-hybridized carbons (Fsp3) is 0.500. The van der Waals surface area contributed by atoms with Crippen LogP contribution < -0.4 is 0 Å². The molecule has 0 spiro atoms. The quantitative estimate of drug-likeness (QED) is 0.661. The fourth-order valence-corrected chi connectivity index (χ4v) is 3.64. The van der Waals surface area contributed by atoms with Gasteiger partial charge < -0.3 is 0 Å². The minimum Gasteiger partial charge on any atom is -0.0890 e. The van der Waals surface area contributed by atoms with Gasteiger partial charge in [-0.25, -0.2) is 0 Å². The van der Waals surface area contributed by atoms with Crippen molar-refractivity contribution in [2.75, 3.05) is 0 Å². The van der Waals surface area contributed by atoms with Crippen molar-refractivity contribution in [1.29, 1.82) is 0 Å². The molecular formula is C12H14Br2. The van der Waals surface area contributed by atoms with Gasteiger partial charge >= 0.3 is 0 Å². The average molecular weight is 318 g/mol. The Morgan fingerprint density at radius 3 is 2.79 bits per heavy atom. The molecule has 2 heteroatoms. The number of benzene rings is 1. The topological polar surface area (TPSA) is 0 Å². The molecule has 2 unspecified atom stereocenters. The Morgan fingerprint density at radius 1 is 1.43 bits per heavy atom. The Morgan fingerprint density at radius 2 is 2.21 bits per heavy atom. The van der Waals surface area contributed by atoms with Crippen LogP contribution in [0.2, 0.25) is 0 Å². The maximum Gasteiger partial charge on any atom is 0.0178 e. The van der Waals surface area contributed by atoms with Gasteiger partial charge in [0.25, 0.3) is 0 Å². The minimum atomic E-state index is 0.373. The highest BCUT2D eigenvalue weighted by Gasteiger charge is 2.35. The molecule has 0 aromatic heterocycles. The van der Waals surface area contributed by atoms with E-state index in [1.807, 2.05) is 0 Å². The fourth-order valence-electron chi connectivity index (χ4n) is 2.29. The van der Waals surface area contributed by atoms with E-state index < -0.39 is 0 Å². The van der Waals surface area contributed by atoms with Crippen LogP contribution in [0.5, 0.6) is 0 Å². The third kappa shape index (κ3) is 2.06. The number of rotatable bonds is 1. The second kappa shape index (κ2) is 3.97. The molecule has 2 rings (SSSR count). The van der Waals surface area contributed by atoms with Crippen LogP contribution in [0.25, 0.3) is 0 Å². The van der Waals surface area contributed by atoms with Crippen molar-refractivity contribution >= 4 is 31.9 Å². The number of hydrogen-bond donors (Lipinski definition) is 0. The van der Waals surface area contributed by atoms with Gasteiger partial charge in [0.15, 0.2) is 0 Å². The first kappa shape index (κ1) is 10.7. The third-order valence-electron chi connectivity index (χ3n) is 3.20. The largest absolute Gasteiger partial charge is 0.0890 e. The molecule has 0 heterocycles. The third-order valence-corrected chi connectivity index (χ3v) is 4.48. The van der Waals surface area contributed by atoms with Crippen LogP contribution in [0.1, 0.15) is 31.7 Å². The zero-order valence-corrected chi connectivity index (χ0v) is 11.4. The van der Waals surface area contributed by atoms with Crippen LogP contribution in [0, 0.1) is 0 Å². The van der Waals surface area contributed by atoms with Gasteiger partial charge in [-0.15, -0.1) is 0 Å². The normalized spacial score (nSPS) is 32.1. The van der Waals surface area contributed by atoms with Crippen LogP contribution in [-0.2, 0) is 5.41 Å². The van der Waals surface area contributed by atoms with E-state index in [4.69, 9.17) is 0 Å². The van der Waals surface area contributed by atoms with E-state index in [2.05, 4.69) is 63.0 Å². The summed E-state index contributed by atoms with van der Waals surface area (Å²) < 4.78 is 1.19.